The van der Waals surface area contributed by atoms with Crippen LogP contribution in [0.25, 0.3) is 0 Å². The molecule has 0 aliphatic rings. The van der Waals surface area contributed by atoms with E-state index >= 15 is 0 Å². The van der Waals surface area contributed by atoms with E-state index in [1.807, 2.05) is 0 Å². The predicted octanol–water partition coefficient (Wildman–Crippen LogP) is 5.05. The van der Waals surface area contributed by atoms with Gasteiger partial charge in [0.1, 0.15) is 5.75 Å². The van der Waals surface area contributed by atoms with E-state index in [-0.39, 0.29) is 34.4 Å². The smallest absolute Gasteiger partial charge is 0.345 e. The number of carbonyl (C=O) groups excluding carboxylic acids is 2. The molecule has 0 unspecified atom stereocenters. The molecule has 1 amide bonds. The zero-order valence-electron chi connectivity index (χ0n) is 18.8. The molecular formula is C24H19Cl2N3O7. The van der Waals surface area contributed by atoms with Crippen LogP contribution in [0.5, 0.6) is 17.2 Å². The maximum Gasteiger partial charge on any atom is 0.345 e. The van der Waals surface area contributed by atoms with Crippen molar-refractivity contribution in [1.82, 2.24) is 5.43 Å². The second kappa shape index (κ2) is 12.5. The Morgan fingerprint density at radius 2 is 1.78 bits per heavy atom. The lowest BCUT2D eigenvalue weighted by atomic mass is 10.2. The number of rotatable bonds is 10. The zero-order chi connectivity index (χ0) is 26.1. The SMILES string of the molecule is CCOc1cc(C=NNC(=O)COc2ccc([N+](=O)[O-])cc2)ccc1OC(=O)c1ccc(Cl)cc1Cl. The van der Waals surface area contributed by atoms with Gasteiger partial charge in [0.05, 0.1) is 28.3 Å². The van der Waals surface area contributed by atoms with Crippen molar-refractivity contribution in [2.24, 2.45) is 5.10 Å². The highest BCUT2D eigenvalue weighted by Crippen LogP contribution is 2.30. The van der Waals surface area contributed by atoms with Crippen LogP contribution in [0, 0.1) is 10.1 Å². The summed E-state index contributed by atoms with van der Waals surface area (Å²) in [5, 5.41) is 15.1. The number of hydrogen-bond acceptors (Lipinski definition) is 8. The lowest BCUT2D eigenvalue weighted by Crippen LogP contribution is -2.24. The van der Waals surface area contributed by atoms with Crippen molar-refractivity contribution >= 4 is 47.0 Å². The molecule has 0 aliphatic heterocycles. The number of esters is 1. The number of carbonyl (C=O) groups is 2. The average Bonchev–Trinajstić information content (AvgIpc) is 2.84. The second-order valence-electron chi connectivity index (χ2n) is 6.99. The average molecular weight is 532 g/mol. The van der Waals surface area contributed by atoms with Crippen molar-refractivity contribution in [2.75, 3.05) is 13.2 Å². The molecular weight excluding hydrogens is 513 g/mol. The highest BCUT2D eigenvalue weighted by Gasteiger charge is 2.16. The molecule has 186 valence electrons. The Morgan fingerprint density at radius 3 is 2.44 bits per heavy atom. The van der Waals surface area contributed by atoms with E-state index in [0.717, 1.165) is 0 Å². The highest BCUT2D eigenvalue weighted by atomic mass is 35.5. The topological polar surface area (TPSA) is 129 Å². The molecule has 0 fully saturated rings. The van der Waals surface area contributed by atoms with E-state index in [0.29, 0.717) is 22.9 Å². The van der Waals surface area contributed by atoms with Gasteiger partial charge in [-0.15, -0.1) is 0 Å². The van der Waals surface area contributed by atoms with Crippen molar-refractivity contribution in [1.29, 1.82) is 0 Å². The number of benzene rings is 3. The molecule has 3 rings (SSSR count). The van der Waals surface area contributed by atoms with Crippen molar-refractivity contribution in [2.45, 2.75) is 6.92 Å². The van der Waals surface area contributed by atoms with Gasteiger partial charge in [0.2, 0.25) is 0 Å². The fourth-order valence-electron chi connectivity index (χ4n) is 2.79. The van der Waals surface area contributed by atoms with Crippen LogP contribution >= 0.6 is 23.2 Å². The molecule has 0 atom stereocenters. The first kappa shape index (κ1) is 26.5. The molecule has 0 heterocycles. The largest absolute Gasteiger partial charge is 0.490 e. The lowest BCUT2D eigenvalue weighted by Gasteiger charge is -2.12. The molecule has 36 heavy (non-hydrogen) atoms. The summed E-state index contributed by atoms with van der Waals surface area (Å²) in [6, 6.07) is 14.5. The van der Waals surface area contributed by atoms with Crippen LogP contribution in [0.1, 0.15) is 22.8 Å². The van der Waals surface area contributed by atoms with Gasteiger partial charge >= 0.3 is 5.97 Å². The van der Waals surface area contributed by atoms with E-state index in [1.165, 1.54) is 54.7 Å². The molecule has 12 heteroatoms. The highest BCUT2D eigenvalue weighted by molar-refractivity contribution is 6.36. The Balaban J connectivity index is 1.59. The van der Waals surface area contributed by atoms with Crippen molar-refractivity contribution < 1.29 is 28.7 Å². The van der Waals surface area contributed by atoms with Gasteiger partial charge in [0.15, 0.2) is 18.1 Å². The minimum Gasteiger partial charge on any atom is -0.490 e. The van der Waals surface area contributed by atoms with Crippen LogP contribution < -0.4 is 19.6 Å². The number of non-ortho nitro benzene ring substituents is 1. The van der Waals surface area contributed by atoms with Crippen molar-refractivity contribution in [3.8, 4) is 17.2 Å². The summed E-state index contributed by atoms with van der Waals surface area (Å²) in [5.41, 5.74) is 2.92. The van der Waals surface area contributed by atoms with E-state index in [4.69, 9.17) is 37.4 Å². The van der Waals surface area contributed by atoms with E-state index in [1.54, 1.807) is 19.1 Å². The summed E-state index contributed by atoms with van der Waals surface area (Å²) in [7, 11) is 0. The summed E-state index contributed by atoms with van der Waals surface area (Å²) in [5.74, 6) is -0.469. The number of hydrazone groups is 1. The van der Waals surface area contributed by atoms with Gasteiger partial charge in [-0.05, 0) is 61.0 Å². The molecule has 3 aromatic carbocycles. The maximum absolute atomic E-state index is 12.5. The quantitative estimate of drug-likeness (QED) is 0.127. The number of nitrogens with one attached hydrogen (secondary N) is 1. The monoisotopic (exact) mass is 531 g/mol. The molecule has 0 radical (unpaired) electrons. The first-order valence-electron chi connectivity index (χ1n) is 10.4. The van der Waals surface area contributed by atoms with Crippen LogP contribution in [0.3, 0.4) is 0 Å². The Kier molecular flexibility index (Phi) is 9.20. The van der Waals surface area contributed by atoms with Gasteiger partial charge in [-0.3, -0.25) is 14.9 Å². The van der Waals surface area contributed by atoms with Gasteiger partial charge in [-0.2, -0.15) is 5.10 Å². The number of nitro benzene ring substituents is 1. The third-order valence-electron chi connectivity index (χ3n) is 4.44. The van der Waals surface area contributed by atoms with Crippen LogP contribution in [0.2, 0.25) is 10.0 Å². The zero-order valence-corrected chi connectivity index (χ0v) is 20.3. The fraction of sp³-hybridized carbons (Fsp3) is 0.125. The Morgan fingerprint density at radius 1 is 1.03 bits per heavy atom. The molecule has 1 N–H and O–H groups in total. The van der Waals surface area contributed by atoms with Crippen LogP contribution in [-0.4, -0.2) is 36.2 Å². The number of ether oxygens (including phenoxy) is 3. The first-order chi connectivity index (χ1) is 17.3. The number of hydrogen-bond donors (Lipinski definition) is 1. The lowest BCUT2D eigenvalue weighted by molar-refractivity contribution is -0.384. The van der Waals surface area contributed by atoms with E-state index in [2.05, 4.69) is 10.5 Å². The third-order valence-corrected chi connectivity index (χ3v) is 4.99. The van der Waals surface area contributed by atoms with Crippen molar-refractivity contribution in [3.63, 3.8) is 0 Å². The summed E-state index contributed by atoms with van der Waals surface area (Å²) < 4.78 is 16.3. The number of nitrogens with zero attached hydrogens (tertiary/aromatic N) is 2. The predicted molar refractivity (Wildman–Crippen MR) is 133 cm³/mol. The van der Waals surface area contributed by atoms with E-state index < -0.39 is 16.8 Å². The minimum atomic E-state index is -0.681. The fourth-order valence-corrected chi connectivity index (χ4v) is 3.28. The second-order valence-corrected chi connectivity index (χ2v) is 7.83. The molecule has 0 saturated heterocycles. The van der Waals surface area contributed by atoms with Crippen molar-refractivity contribution in [3.05, 3.63) is 92.0 Å². The molecule has 0 bridgehead atoms. The van der Waals surface area contributed by atoms with Crippen LogP contribution in [-0.2, 0) is 4.79 Å². The molecule has 0 spiro atoms. The number of amides is 1. The van der Waals surface area contributed by atoms with Crippen LogP contribution in [0.15, 0.2) is 65.8 Å². The Hall–Kier alpha value is -4.15. The van der Waals surface area contributed by atoms with Gasteiger partial charge in [-0.1, -0.05) is 23.2 Å². The molecule has 10 nitrogen and oxygen atoms in total. The number of nitro groups is 1. The Bertz CT molecular complexity index is 1300. The number of halogens is 2. The molecule has 0 aromatic heterocycles. The summed E-state index contributed by atoms with van der Waals surface area (Å²) in [4.78, 5) is 34.6. The summed E-state index contributed by atoms with van der Waals surface area (Å²) >= 11 is 11.9. The third kappa shape index (κ3) is 7.42. The standard InChI is InChI=1S/C24H19Cl2N3O7/c1-2-34-22-11-15(3-10-21(22)36-24(31)19-9-4-16(25)12-20(19)26)13-27-28-23(30)14-35-18-7-5-17(6-8-18)29(32)33/h3-13H,2,14H2,1H3,(H,28,30). The van der Waals surface area contributed by atoms with Crippen LogP contribution in [0.4, 0.5) is 5.69 Å². The van der Waals surface area contributed by atoms with Gasteiger partial charge in [0.25, 0.3) is 11.6 Å². The van der Waals surface area contributed by atoms with Gasteiger partial charge in [0, 0.05) is 17.2 Å². The molecule has 0 aliphatic carbocycles. The van der Waals surface area contributed by atoms with Gasteiger partial charge < -0.3 is 14.2 Å². The summed E-state index contributed by atoms with van der Waals surface area (Å²) in [6.45, 7) is 1.73. The van der Waals surface area contributed by atoms with Gasteiger partial charge in [-0.25, -0.2) is 10.2 Å². The Labute approximate surface area is 215 Å². The molecule has 3 aromatic rings. The normalized spacial score (nSPS) is 10.6. The summed E-state index contributed by atoms with van der Waals surface area (Å²) in [6.07, 6.45) is 1.37. The minimum absolute atomic E-state index is 0.0858. The van der Waals surface area contributed by atoms with E-state index in [9.17, 15) is 19.7 Å². The molecule has 0 saturated carbocycles. The first-order valence-corrected chi connectivity index (χ1v) is 11.2. The maximum atomic E-state index is 12.5.